The van der Waals surface area contributed by atoms with Crippen molar-refractivity contribution in [2.75, 3.05) is 0 Å². The van der Waals surface area contributed by atoms with E-state index in [1.54, 1.807) is 6.07 Å². The number of aromatic carboxylic acids is 1. The first kappa shape index (κ1) is 18.9. The number of nitrogens with zero attached hydrogens (tertiary/aromatic N) is 3. The highest BCUT2D eigenvalue weighted by Crippen LogP contribution is 2.23. The van der Waals surface area contributed by atoms with Crippen LogP contribution in [0, 0.1) is 6.92 Å². The average molecular weight is 403 g/mol. The minimum Gasteiger partial charge on any atom is -0.543 e. The molecule has 0 amide bonds. The molecule has 0 spiro atoms. The summed E-state index contributed by atoms with van der Waals surface area (Å²) in [5, 5.41) is 11.8. The van der Waals surface area contributed by atoms with Gasteiger partial charge in [0.05, 0.1) is 18.2 Å². The van der Waals surface area contributed by atoms with Gasteiger partial charge in [-0.15, -0.1) is 0 Å². The Bertz CT molecular complexity index is 1230. The normalized spacial score (nSPS) is 11.4. The van der Waals surface area contributed by atoms with Crippen LogP contribution in [-0.4, -0.2) is 20.5 Å². The van der Waals surface area contributed by atoms with Crippen LogP contribution < -0.4 is 5.11 Å². The lowest BCUT2D eigenvalue weighted by Gasteiger charge is -2.10. The second-order valence-electron chi connectivity index (χ2n) is 6.67. The number of aromatic nitrogens is 3. The molecule has 0 atom stereocenters. The maximum atomic E-state index is 11.1. The Balaban J connectivity index is 1.63. The molecule has 0 saturated heterocycles. The van der Waals surface area contributed by atoms with Gasteiger partial charge >= 0.3 is 0 Å². The van der Waals surface area contributed by atoms with Gasteiger partial charge in [0.15, 0.2) is 5.65 Å². The molecule has 2 aromatic carbocycles. The molecule has 0 fully saturated rings. The maximum Gasteiger partial charge on any atom is 0.161 e. The summed E-state index contributed by atoms with van der Waals surface area (Å²) in [5.41, 5.74) is 4.01. The van der Waals surface area contributed by atoms with Crippen molar-refractivity contribution in [3.05, 3.63) is 93.9 Å². The zero-order valence-electron chi connectivity index (χ0n) is 15.7. The van der Waals surface area contributed by atoms with E-state index in [0.29, 0.717) is 22.7 Å². The second-order valence-corrected chi connectivity index (χ2v) is 7.07. The Hall–Kier alpha value is -3.44. The quantitative estimate of drug-likeness (QED) is 0.473. The molecule has 4 rings (SSSR count). The summed E-state index contributed by atoms with van der Waals surface area (Å²) in [6, 6.07) is 18.9. The van der Waals surface area contributed by atoms with Gasteiger partial charge < -0.3 is 14.5 Å². The number of carbonyl (C=O) groups is 1. The Morgan fingerprint density at radius 2 is 1.79 bits per heavy atom. The topological polar surface area (TPSA) is 70.8 Å². The molecule has 0 aliphatic rings. The molecule has 0 aliphatic heterocycles. The van der Waals surface area contributed by atoms with Gasteiger partial charge in [-0.25, -0.2) is 9.97 Å². The molecular weight excluding hydrogens is 386 g/mol. The third-order valence-corrected chi connectivity index (χ3v) is 5.02. The van der Waals surface area contributed by atoms with Crippen molar-refractivity contribution in [3.63, 3.8) is 0 Å². The molecule has 0 radical (unpaired) electrons. The number of halogens is 1. The van der Waals surface area contributed by atoms with E-state index in [-0.39, 0.29) is 5.69 Å². The second kappa shape index (κ2) is 7.89. The predicted octanol–water partition coefficient (Wildman–Crippen LogP) is 3.98. The lowest BCUT2D eigenvalue weighted by atomic mass is 10.1. The minimum atomic E-state index is -1.31. The van der Waals surface area contributed by atoms with Gasteiger partial charge in [0, 0.05) is 5.02 Å². The maximum absolute atomic E-state index is 11.1. The standard InChI is InChI=1S/C23H18ClN3O2/c1-15-25-20-11-12-21(23(28)29)26-22(20)27(15)14-18-10-9-17(13-19(18)24)8-7-16-5-3-2-4-6-16/h2-13H,14H2,1H3,(H,28,29)/p-1/b8-7+. The van der Waals surface area contributed by atoms with Crippen LogP contribution in [-0.2, 0) is 6.54 Å². The molecule has 0 aliphatic carbocycles. The molecule has 4 aromatic rings. The zero-order valence-corrected chi connectivity index (χ0v) is 16.4. The summed E-state index contributed by atoms with van der Waals surface area (Å²) in [5.74, 6) is -0.586. The van der Waals surface area contributed by atoms with E-state index in [1.807, 2.05) is 72.2 Å². The highest BCUT2D eigenvalue weighted by molar-refractivity contribution is 6.31. The first-order valence-electron chi connectivity index (χ1n) is 9.08. The van der Waals surface area contributed by atoms with Crippen LogP contribution in [0.3, 0.4) is 0 Å². The summed E-state index contributed by atoms with van der Waals surface area (Å²) in [6.45, 7) is 2.29. The summed E-state index contributed by atoms with van der Waals surface area (Å²) in [6.07, 6.45) is 4.04. The summed E-state index contributed by atoms with van der Waals surface area (Å²) < 4.78 is 1.85. The van der Waals surface area contributed by atoms with Crippen molar-refractivity contribution < 1.29 is 9.90 Å². The van der Waals surface area contributed by atoms with Crippen LogP contribution in [0.5, 0.6) is 0 Å². The molecular formula is C23H17ClN3O2-. The van der Waals surface area contributed by atoms with Crippen LogP contribution >= 0.6 is 11.6 Å². The van der Waals surface area contributed by atoms with Crippen molar-refractivity contribution in [1.29, 1.82) is 0 Å². The fourth-order valence-corrected chi connectivity index (χ4v) is 3.39. The van der Waals surface area contributed by atoms with Gasteiger partial charge in [-0.1, -0.05) is 66.2 Å². The van der Waals surface area contributed by atoms with Crippen LogP contribution in [0.2, 0.25) is 5.02 Å². The highest BCUT2D eigenvalue weighted by atomic mass is 35.5. The largest absolute Gasteiger partial charge is 0.543 e. The fraction of sp³-hybridized carbons (Fsp3) is 0.0870. The van der Waals surface area contributed by atoms with E-state index in [9.17, 15) is 9.90 Å². The van der Waals surface area contributed by atoms with E-state index < -0.39 is 5.97 Å². The Kier molecular flexibility index (Phi) is 5.14. The first-order chi connectivity index (χ1) is 14.0. The Morgan fingerprint density at radius 1 is 1.03 bits per heavy atom. The third kappa shape index (κ3) is 4.05. The van der Waals surface area contributed by atoms with Crippen molar-refractivity contribution in [3.8, 4) is 0 Å². The molecule has 5 nitrogen and oxygen atoms in total. The number of imidazole rings is 1. The molecule has 2 heterocycles. The Labute approximate surface area is 172 Å². The van der Waals surface area contributed by atoms with Crippen molar-refractivity contribution in [1.82, 2.24) is 14.5 Å². The first-order valence-corrected chi connectivity index (χ1v) is 9.46. The fourth-order valence-electron chi connectivity index (χ4n) is 3.14. The van der Waals surface area contributed by atoms with Crippen LogP contribution in [0.15, 0.2) is 60.7 Å². The van der Waals surface area contributed by atoms with Gasteiger partial charge in [-0.3, -0.25) is 0 Å². The van der Waals surface area contributed by atoms with Gasteiger partial charge in [-0.2, -0.15) is 0 Å². The smallest absolute Gasteiger partial charge is 0.161 e. The molecule has 0 bridgehead atoms. The summed E-state index contributed by atoms with van der Waals surface area (Å²) in [4.78, 5) is 19.8. The number of rotatable bonds is 5. The zero-order chi connectivity index (χ0) is 20.4. The van der Waals surface area contributed by atoms with Crippen LogP contribution in [0.1, 0.15) is 33.0 Å². The van der Waals surface area contributed by atoms with Crippen molar-refractivity contribution in [2.24, 2.45) is 0 Å². The minimum absolute atomic E-state index is 0.119. The van der Waals surface area contributed by atoms with Crippen molar-refractivity contribution >= 4 is 40.9 Å². The number of fused-ring (bicyclic) bond motifs is 1. The Morgan fingerprint density at radius 3 is 2.52 bits per heavy atom. The van der Waals surface area contributed by atoms with Gasteiger partial charge in [0.25, 0.3) is 0 Å². The molecule has 29 heavy (non-hydrogen) atoms. The number of carboxylic acids is 1. The van der Waals surface area contributed by atoms with Gasteiger partial charge in [-0.05, 0) is 41.8 Å². The average Bonchev–Trinajstić information content (AvgIpc) is 3.03. The molecule has 2 aromatic heterocycles. The summed E-state index contributed by atoms with van der Waals surface area (Å²) >= 11 is 6.52. The lowest BCUT2D eigenvalue weighted by molar-refractivity contribution is -0.255. The number of hydrogen-bond acceptors (Lipinski definition) is 4. The third-order valence-electron chi connectivity index (χ3n) is 4.67. The highest BCUT2D eigenvalue weighted by Gasteiger charge is 2.12. The number of hydrogen-bond donors (Lipinski definition) is 0. The van der Waals surface area contributed by atoms with Gasteiger partial charge in [0.2, 0.25) is 0 Å². The van der Waals surface area contributed by atoms with Crippen LogP contribution in [0.4, 0.5) is 0 Å². The van der Waals surface area contributed by atoms with E-state index in [2.05, 4.69) is 9.97 Å². The number of benzene rings is 2. The number of pyridine rings is 1. The van der Waals surface area contributed by atoms with E-state index in [1.165, 1.54) is 6.07 Å². The predicted molar refractivity (Wildman–Crippen MR) is 113 cm³/mol. The molecule has 0 saturated carbocycles. The van der Waals surface area contributed by atoms with Gasteiger partial charge in [0.1, 0.15) is 11.3 Å². The molecule has 6 heteroatoms. The van der Waals surface area contributed by atoms with E-state index in [4.69, 9.17) is 11.6 Å². The van der Waals surface area contributed by atoms with E-state index >= 15 is 0 Å². The number of aryl methyl sites for hydroxylation is 1. The number of carboxylic acid groups (broad SMARTS) is 1. The number of carbonyl (C=O) groups excluding carboxylic acids is 1. The van der Waals surface area contributed by atoms with E-state index in [0.717, 1.165) is 22.5 Å². The molecule has 0 N–H and O–H groups in total. The summed E-state index contributed by atoms with van der Waals surface area (Å²) in [7, 11) is 0. The molecule has 0 unspecified atom stereocenters. The van der Waals surface area contributed by atoms with Crippen LogP contribution in [0.25, 0.3) is 23.3 Å². The monoisotopic (exact) mass is 402 g/mol. The molecule has 144 valence electrons. The lowest BCUT2D eigenvalue weighted by Crippen LogP contribution is -2.23. The SMILES string of the molecule is Cc1nc2ccc(C(=O)[O-])nc2n1Cc1ccc(/C=C/c2ccccc2)cc1Cl. The van der Waals surface area contributed by atoms with Crippen molar-refractivity contribution in [2.45, 2.75) is 13.5 Å².